The van der Waals surface area contributed by atoms with Crippen LogP contribution in [0.25, 0.3) is 0 Å². The summed E-state index contributed by atoms with van der Waals surface area (Å²) in [7, 11) is 0. The van der Waals surface area contributed by atoms with Crippen molar-refractivity contribution in [3.63, 3.8) is 0 Å². The summed E-state index contributed by atoms with van der Waals surface area (Å²) in [6.45, 7) is 1.17. The Balaban J connectivity index is 0.00000176. The molecule has 5 nitrogen and oxygen atoms in total. The Morgan fingerprint density at radius 2 is 2.32 bits per heavy atom. The van der Waals surface area contributed by atoms with Crippen LogP contribution in [-0.2, 0) is 12.8 Å². The number of nitrogens with one attached hydrogen (secondary N) is 1. The number of imidazole rings is 1. The number of H-pyrrole nitrogens is 1. The highest BCUT2D eigenvalue weighted by Gasteiger charge is 2.23. The lowest BCUT2D eigenvalue weighted by Gasteiger charge is -2.28. The molecule has 0 radical (unpaired) electrons. The molecule has 8 heteroatoms. The van der Waals surface area contributed by atoms with Crippen LogP contribution in [0.1, 0.15) is 17.3 Å². The summed E-state index contributed by atoms with van der Waals surface area (Å²) in [5, 5.41) is 0. The zero-order valence-corrected chi connectivity index (χ0v) is 14.3. The highest BCUT2D eigenvalue weighted by molar-refractivity contribution is 7.93. The fourth-order valence-electron chi connectivity index (χ4n) is 2.73. The molecule has 4 N–H and O–H groups in total. The van der Waals surface area contributed by atoms with Gasteiger partial charge >= 0.3 is 0 Å². The smallest absolute Gasteiger partial charge is 0.177 e. The second-order valence-corrected chi connectivity index (χ2v) is 6.06. The van der Waals surface area contributed by atoms with E-state index in [4.69, 9.17) is 22.7 Å². The first-order valence-electron chi connectivity index (χ1n) is 6.79. The van der Waals surface area contributed by atoms with Crippen molar-refractivity contribution in [3.05, 3.63) is 40.4 Å². The Morgan fingerprint density at radius 1 is 1.50 bits per heavy atom. The Labute approximate surface area is 144 Å². The lowest BCUT2D eigenvalue weighted by molar-refractivity contribution is 0.220. The van der Waals surface area contributed by atoms with Gasteiger partial charge in [-0.3, -0.25) is 0 Å². The van der Waals surface area contributed by atoms with Crippen LogP contribution in [0.4, 0.5) is 0 Å². The minimum absolute atomic E-state index is 0. The van der Waals surface area contributed by atoms with Crippen LogP contribution in [0.2, 0.25) is 0 Å². The predicted octanol–water partition coefficient (Wildman–Crippen LogP) is 3.21. The van der Waals surface area contributed by atoms with E-state index in [1.165, 1.54) is 0 Å². The summed E-state index contributed by atoms with van der Waals surface area (Å²) in [5.41, 5.74) is 7.85. The molecule has 1 aromatic carbocycles. The minimum Gasteiger partial charge on any atom is -0.491 e. The molecule has 0 spiro atoms. The molecule has 120 valence electrons. The van der Waals surface area contributed by atoms with Gasteiger partial charge in [0.25, 0.3) is 0 Å². The van der Waals surface area contributed by atoms with Crippen LogP contribution in [0, 0.1) is 4.77 Å². The highest BCUT2D eigenvalue weighted by Crippen LogP contribution is 2.33. The largest absolute Gasteiger partial charge is 0.491 e. The van der Waals surface area contributed by atoms with E-state index in [-0.39, 0.29) is 18.4 Å². The van der Waals surface area contributed by atoms with Gasteiger partial charge in [-0.2, -0.15) is 0 Å². The lowest BCUT2D eigenvalue weighted by Crippen LogP contribution is -2.26. The number of ether oxygens (including phenoxy) is 1. The summed E-state index contributed by atoms with van der Waals surface area (Å²) in [5.74, 6) is 0.881. The van der Waals surface area contributed by atoms with Gasteiger partial charge < -0.3 is 24.6 Å². The monoisotopic (exact) mass is 359 g/mol. The zero-order chi connectivity index (χ0) is 14.8. The van der Waals surface area contributed by atoms with E-state index in [9.17, 15) is 4.55 Å². The molecular formula is C14H18ClN3O2S2. The second kappa shape index (κ2) is 7.52. The average Bonchev–Trinajstić information content (AvgIpc) is 2.87. The molecule has 1 aromatic heterocycles. The summed E-state index contributed by atoms with van der Waals surface area (Å²) < 4.78 is 17.8. The van der Waals surface area contributed by atoms with E-state index >= 15 is 0 Å². The molecule has 0 bridgehead atoms. The Hall–Kier alpha value is -0.990. The Morgan fingerprint density at radius 3 is 3.05 bits per heavy atom. The van der Waals surface area contributed by atoms with E-state index in [1.54, 1.807) is 0 Å². The second-order valence-electron chi connectivity index (χ2n) is 5.02. The van der Waals surface area contributed by atoms with Gasteiger partial charge in [0.2, 0.25) is 0 Å². The first-order valence-corrected chi connectivity index (χ1v) is 7.97. The number of aromatic nitrogens is 2. The molecule has 3 rings (SSSR count). The number of halogens is 1. The molecule has 0 fully saturated rings. The summed E-state index contributed by atoms with van der Waals surface area (Å²) >= 11 is 6.13. The number of nitrogens with zero attached hydrogens (tertiary/aromatic N) is 1. The first-order chi connectivity index (χ1) is 10.2. The van der Waals surface area contributed by atoms with Gasteiger partial charge in [-0.25, -0.2) is 0 Å². The maximum absolute atomic E-state index is 9.18. The topological polar surface area (TPSA) is 76.2 Å². The molecule has 1 aliphatic heterocycles. The lowest BCUT2D eigenvalue weighted by atomic mass is 10.0. The molecule has 1 unspecified atom stereocenters. The third-order valence-electron chi connectivity index (χ3n) is 3.68. The molecule has 0 saturated heterocycles. The van der Waals surface area contributed by atoms with Crippen molar-refractivity contribution in [3.8, 4) is 5.75 Å². The van der Waals surface area contributed by atoms with Gasteiger partial charge in [0.15, 0.2) is 4.77 Å². The maximum atomic E-state index is 9.18. The third kappa shape index (κ3) is 3.33. The average molecular weight is 360 g/mol. The van der Waals surface area contributed by atoms with Gasteiger partial charge in [0.1, 0.15) is 12.4 Å². The van der Waals surface area contributed by atoms with Gasteiger partial charge in [0, 0.05) is 41.7 Å². The molecule has 0 amide bonds. The van der Waals surface area contributed by atoms with Crippen LogP contribution in [-0.4, -0.2) is 27.3 Å². The van der Waals surface area contributed by atoms with Crippen LogP contribution >= 0.6 is 36.7 Å². The predicted molar refractivity (Wildman–Crippen MR) is 92.8 cm³/mol. The normalized spacial score (nSPS) is 16.5. The van der Waals surface area contributed by atoms with Crippen LogP contribution in [0.5, 0.6) is 5.75 Å². The molecule has 1 aliphatic rings. The van der Waals surface area contributed by atoms with Gasteiger partial charge in [-0.05, 0) is 42.5 Å². The van der Waals surface area contributed by atoms with Crippen LogP contribution in [0.15, 0.2) is 29.3 Å². The van der Waals surface area contributed by atoms with Crippen LogP contribution in [0.3, 0.4) is 0 Å². The van der Waals surface area contributed by atoms with E-state index in [0.717, 1.165) is 46.8 Å². The number of aromatic amines is 1. The number of rotatable bonds is 4. The van der Waals surface area contributed by atoms with Crippen molar-refractivity contribution in [2.75, 3.05) is 13.2 Å². The fourth-order valence-corrected chi connectivity index (χ4v) is 3.38. The van der Waals surface area contributed by atoms with Gasteiger partial charge in [0.05, 0.1) is 6.04 Å². The number of hydrogen-bond donors (Lipinski definition) is 3. The number of hydrogen-bond acceptors (Lipinski definition) is 5. The van der Waals surface area contributed by atoms with Crippen molar-refractivity contribution >= 4 is 36.7 Å². The molecule has 2 heterocycles. The highest BCUT2D eigenvalue weighted by atomic mass is 35.5. The van der Waals surface area contributed by atoms with Crippen molar-refractivity contribution in [2.24, 2.45) is 5.73 Å². The fraction of sp³-hybridized carbons (Fsp3) is 0.357. The van der Waals surface area contributed by atoms with Crippen molar-refractivity contribution < 1.29 is 9.29 Å². The summed E-state index contributed by atoms with van der Waals surface area (Å²) in [6, 6.07) is 5.87. The SMILES string of the molecule is Cl.NCCc1c[nH]c(=S)n1C1COc2ccc(SO)cc2C1. The number of benzene rings is 1. The van der Waals surface area contributed by atoms with E-state index in [2.05, 4.69) is 9.55 Å². The maximum Gasteiger partial charge on any atom is 0.177 e. The number of nitrogens with two attached hydrogens (primary N) is 1. The third-order valence-corrected chi connectivity index (χ3v) is 4.46. The quantitative estimate of drug-likeness (QED) is 0.577. The van der Waals surface area contributed by atoms with Crippen molar-refractivity contribution in [2.45, 2.75) is 23.8 Å². The Kier molecular flexibility index (Phi) is 5.94. The van der Waals surface area contributed by atoms with E-state index in [0.29, 0.717) is 17.9 Å². The minimum atomic E-state index is 0. The van der Waals surface area contributed by atoms with Crippen LogP contribution < -0.4 is 10.5 Å². The summed E-state index contributed by atoms with van der Waals surface area (Å²) in [6.07, 6.45) is 3.53. The van der Waals surface area contributed by atoms with Crippen molar-refractivity contribution in [1.29, 1.82) is 0 Å². The molecule has 22 heavy (non-hydrogen) atoms. The summed E-state index contributed by atoms with van der Waals surface area (Å²) in [4.78, 5) is 3.91. The van der Waals surface area contributed by atoms with Crippen molar-refractivity contribution in [1.82, 2.24) is 9.55 Å². The van der Waals surface area contributed by atoms with E-state index in [1.807, 2.05) is 24.4 Å². The zero-order valence-electron chi connectivity index (χ0n) is 11.8. The van der Waals surface area contributed by atoms with E-state index < -0.39 is 0 Å². The van der Waals surface area contributed by atoms with Gasteiger partial charge in [-0.15, -0.1) is 12.4 Å². The molecule has 2 aromatic rings. The molecular weight excluding hydrogens is 342 g/mol. The molecule has 0 aliphatic carbocycles. The standard InChI is InChI=1S/C14H17N3O2S2.ClH/c15-4-3-10-7-16-14(20)17(10)11-5-9-6-12(21-18)1-2-13(9)19-8-11;/h1-2,6-7,11,18H,3-5,8,15H2,(H,16,20);1H. The molecule has 0 saturated carbocycles. The molecule has 1 atom stereocenters. The number of fused-ring (bicyclic) bond motifs is 1. The first kappa shape index (κ1) is 17.4. The van der Waals surface area contributed by atoms with Gasteiger partial charge in [-0.1, -0.05) is 0 Å². The Bertz CT molecular complexity index is 702.